The molecule has 0 aromatic heterocycles. The summed E-state index contributed by atoms with van der Waals surface area (Å²) < 4.78 is 13.9. The maximum absolute atomic E-state index is 13.1. The fourth-order valence-corrected chi connectivity index (χ4v) is 3.20. The average Bonchev–Trinajstić information content (AvgIpc) is 2.58. The number of benzene rings is 1. The monoisotopic (exact) mass is 343 g/mol. The zero-order valence-electron chi connectivity index (χ0n) is 11.3. The Hall–Kier alpha value is -0.940. The first-order valence-corrected chi connectivity index (χ1v) is 7.72. The van der Waals surface area contributed by atoms with Crippen molar-refractivity contribution in [3.8, 4) is 0 Å². The smallest absolute Gasteiger partial charge is 0.303 e. The quantitative estimate of drug-likeness (QED) is 0.906. The molecule has 1 aliphatic rings. The van der Waals surface area contributed by atoms with Gasteiger partial charge in [0.25, 0.3) is 0 Å². The number of carboxylic acid groups (broad SMARTS) is 1. The Morgan fingerprint density at radius 2 is 2.20 bits per heavy atom. The topological polar surface area (TPSA) is 40.5 Å². The van der Waals surface area contributed by atoms with Crippen LogP contribution in [-0.2, 0) is 11.3 Å². The van der Waals surface area contributed by atoms with Crippen molar-refractivity contribution in [1.29, 1.82) is 0 Å². The molecule has 0 radical (unpaired) electrons. The molecular weight excluding hydrogens is 325 g/mol. The Labute approximate surface area is 126 Å². The van der Waals surface area contributed by atoms with Crippen LogP contribution in [0.2, 0.25) is 0 Å². The van der Waals surface area contributed by atoms with E-state index in [9.17, 15) is 9.18 Å². The molecule has 1 aliphatic heterocycles. The van der Waals surface area contributed by atoms with Gasteiger partial charge in [0.2, 0.25) is 0 Å². The third-order valence-electron chi connectivity index (χ3n) is 3.81. The van der Waals surface area contributed by atoms with E-state index in [4.69, 9.17) is 5.11 Å². The van der Waals surface area contributed by atoms with E-state index in [1.807, 2.05) is 0 Å². The normalized spacial score (nSPS) is 20.6. The first-order valence-electron chi connectivity index (χ1n) is 6.92. The summed E-state index contributed by atoms with van der Waals surface area (Å²) in [6, 6.07) is 4.77. The van der Waals surface area contributed by atoms with E-state index in [-0.39, 0.29) is 18.2 Å². The fraction of sp³-hybridized carbons (Fsp3) is 0.533. The first kappa shape index (κ1) is 15.4. The van der Waals surface area contributed by atoms with Gasteiger partial charge in [0.15, 0.2) is 0 Å². The van der Waals surface area contributed by atoms with E-state index in [0.29, 0.717) is 0 Å². The standard InChI is InChI=1S/C15H19BrFNO2/c16-14-9-13(17)4-3-12(14)10-18-6-1-2-11(5-7-18)8-15(19)20/h3-4,9,11H,1-2,5-8,10H2,(H,19,20)/t11-/m0/s1. The van der Waals surface area contributed by atoms with Crippen LogP contribution in [0.4, 0.5) is 4.39 Å². The zero-order valence-corrected chi connectivity index (χ0v) is 12.9. The van der Waals surface area contributed by atoms with Gasteiger partial charge in [-0.3, -0.25) is 9.69 Å². The largest absolute Gasteiger partial charge is 0.481 e. The average molecular weight is 344 g/mol. The summed E-state index contributed by atoms with van der Waals surface area (Å²) >= 11 is 3.39. The van der Waals surface area contributed by atoms with Crippen LogP contribution in [0, 0.1) is 11.7 Å². The van der Waals surface area contributed by atoms with Crippen LogP contribution in [0.15, 0.2) is 22.7 Å². The predicted octanol–water partition coefficient (Wildman–Crippen LogP) is 3.67. The number of carboxylic acids is 1. The third kappa shape index (κ3) is 4.56. The molecule has 0 spiro atoms. The maximum atomic E-state index is 13.1. The number of aliphatic carboxylic acids is 1. The molecule has 3 nitrogen and oxygen atoms in total. The summed E-state index contributed by atoms with van der Waals surface area (Å²) in [7, 11) is 0. The van der Waals surface area contributed by atoms with Crippen LogP contribution in [0.25, 0.3) is 0 Å². The lowest BCUT2D eigenvalue weighted by atomic mass is 9.97. The highest BCUT2D eigenvalue weighted by Gasteiger charge is 2.19. The maximum Gasteiger partial charge on any atom is 0.303 e. The van der Waals surface area contributed by atoms with Crippen molar-refractivity contribution in [3.05, 3.63) is 34.1 Å². The molecule has 1 aromatic rings. The zero-order chi connectivity index (χ0) is 14.5. The van der Waals surface area contributed by atoms with Crippen LogP contribution in [0.3, 0.4) is 0 Å². The molecule has 0 bridgehead atoms. The SMILES string of the molecule is O=C(O)C[C@H]1CCCN(Cc2ccc(F)cc2Br)CC1. The Morgan fingerprint density at radius 3 is 2.90 bits per heavy atom. The van der Waals surface area contributed by atoms with Crippen LogP contribution in [0.5, 0.6) is 0 Å². The van der Waals surface area contributed by atoms with Gasteiger partial charge in [0.05, 0.1) is 0 Å². The van der Waals surface area contributed by atoms with E-state index in [2.05, 4.69) is 20.8 Å². The van der Waals surface area contributed by atoms with Gasteiger partial charge in [0.1, 0.15) is 5.82 Å². The minimum atomic E-state index is -0.704. The van der Waals surface area contributed by atoms with Gasteiger partial charge < -0.3 is 5.11 Å². The van der Waals surface area contributed by atoms with Crippen molar-refractivity contribution < 1.29 is 14.3 Å². The highest BCUT2D eigenvalue weighted by Crippen LogP contribution is 2.24. The van der Waals surface area contributed by atoms with Crippen molar-refractivity contribution in [2.75, 3.05) is 13.1 Å². The first-order chi connectivity index (χ1) is 9.54. The van der Waals surface area contributed by atoms with Crippen LogP contribution in [-0.4, -0.2) is 29.1 Å². The second-order valence-electron chi connectivity index (χ2n) is 5.41. The number of likely N-dealkylation sites (tertiary alicyclic amines) is 1. The molecule has 1 heterocycles. The molecule has 20 heavy (non-hydrogen) atoms. The van der Waals surface area contributed by atoms with Crippen molar-refractivity contribution >= 4 is 21.9 Å². The number of rotatable bonds is 4. The lowest BCUT2D eigenvalue weighted by Gasteiger charge is -2.20. The van der Waals surface area contributed by atoms with Gasteiger partial charge in [-0.2, -0.15) is 0 Å². The second kappa shape index (κ2) is 7.18. The molecule has 1 fully saturated rings. The molecule has 0 unspecified atom stereocenters. The fourth-order valence-electron chi connectivity index (χ4n) is 2.72. The molecule has 0 saturated carbocycles. The lowest BCUT2D eigenvalue weighted by molar-refractivity contribution is -0.138. The summed E-state index contributed by atoms with van der Waals surface area (Å²) in [5.74, 6) is -0.656. The van der Waals surface area contributed by atoms with Crippen molar-refractivity contribution in [1.82, 2.24) is 4.90 Å². The molecule has 5 heteroatoms. The molecule has 1 atom stereocenters. The Balaban J connectivity index is 1.92. The summed E-state index contributed by atoms with van der Waals surface area (Å²) in [4.78, 5) is 13.1. The van der Waals surface area contributed by atoms with E-state index in [0.717, 1.165) is 48.9 Å². The summed E-state index contributed by atoms with van der Waals surface area (Å²) in [6.45, 7) is 2.66. The molecule has 110 valence electrons. The Morgan fingerprint density at radius 1 is 1.40 bits per heavy atom. The van der Waals surface area contributed by atoms with Gasteiger partial charge in [0, 0.05) is 17.4 Å². The number of carbonyl (C=O) groups is 1. The Bertz CT molecular complexity index is 481. The third-order valence-corrected chi connectivity index (χ3v) is 4.55. The van der Waals surface area contributed by atoms with Gasteiger partial charge in [-0.05, 0) is 56.0 Å². The summed E-state index contributed by atoms with van der Waals surface area (Å²) in [5.41, 5.74) is 1.07. The van der Waals surface area contributed by atoms with Crippen molar-refractivity contribution in [2.45, 2.75) is 32.2 Å². The predicted molar refractivity (Wildman–Crippen MR) is 79.0 cm³/mol. The van der Waals surface area contributed by atoms with Gasteiger partial charge >= 0.3 is 5.97 Å². The minimum Gasteiger partial charge on any atom is -0.481 e. The summed E-state index contributed by atoms with van der Waals surface area (Å²) in [5, 5.41) is 8.87. The second-order valence-corrected chi connectivity index (χ2v) is 6.26. The van der Waals surface area contributed by atoms with Crippen LogP contribution in [0.1, 0.15) is 31.2 Å². The van der Waals surface area contributed by atoms with E-state index < -0.39 is 5.97 Å². The van der Waals surface area contributed by atoms with Crippen molar-refractivity contribution in [3.63, 3.8) is 0 Å². The van der Waals surface area contributed by atoms with E-state index >= 15 is 0 Å². The summed E-state index contributed by atoms with van der Waals surface area (Å²) in [6.07, 6.45) is 3.20. The van der Waals surface area contributed by atoms with Gasteiger partial charge in [-0.15, -0.1) is 0 Å². The Kier molecular flexibility index (Phi) is 5.54. The molecular formula is C15H19BrFNO2. The molecule has 0 amide bonds. The van der Waals surface area contributed by atoms with Crippen molar-refractivity contribution in [2.24, 2.45) is 5.92 Å². The highest BCUT2D eigenvalue weighted by atomic mass is 79.9. The molecule has 2 rings (SSSR count). The number of nitrogens with zero attached hydrogens (tertiary/aromatic N) is 1. The number of hydrogen-bond donors (Lipinski definition) is 1. The number of hydrogen-bond acceptors (Lipinski definition) is 2. The molecule has 1 aromatic carbocycles. The van der Waals surface area contributed by atoms with E-state index in [1.54, 1.807) is 6.07 Å². The van der Waals surface area contributed by atoms with Crippen LogP contribution >= 0.6 is 15.9 Å². The lowest BCUT2D eigenvalue weighted by Crippen LogP contribution is -2.24. The molecule has 1 N–H and O–H groups in total. The molecule has 1 saturated heterocycles. The number of halogens is 2. The van der Waals surface area contributed by atoms with Gasteiger partial charge in [-0.25, -0.2) is 4.39 Å². The van der Waals surface area contributed by atoms with E-state index in [1.165, 1.54) is 12.1 Å². The highest BCUT2D eigenvalue weighted by molar-refractivity contribution is 9.10. The van der Waals surface area contributed by atoms with Crippen LogP contribution < -0.4 is 0 Å². The van der Waals surface area contributed by atoms with Gasteiger partial charge in [-0.1, -0.05) is 22.0 Å². The molecule has 0 aliphatic carbocycles. The minimum absolute atomic E-state index is 0.238.